The number of rotatable bonds is 6. The Kier molecular flexibility index (Phi) is 7.85. The van der Waals surface area contributed by atoms with E-state index in [9.17, 15) is 9.59 Å². The topological polar surface area (TPSA) is 76.7 Å². The predicted molar refractivity (Wildman–Crippen MR) is 116 cm³/mol. The van der Waals surface area contributed by atoms with Gasteiger partial charge < -0.3 is 19.8 Å². The summed E-state index contributed by atoms with van der Waals surface area (Å²) in [6.45, 7) is 18.6. The van der Waals surface area contributed by atoms with Crippen LogP contribution in [0.25, 0.3) is 0 Å². The van der Waals surface area contributed by atoms with Gasteiger partial charge in [0, 0.05) is 5.69 Å². The zero-order chi connectivity index (χ0) is 21.8. The normalized spacial score (nSPS) is 13.6. The van der Waals surface area contributed by atoms with Gasteiger partial charge in [0.05, 0.1) is 6.61 Å². The van der Waals surface area contributed by atoms with Gasteiger partial charge in [-0.15, -0.1) is 0 Å². The lowest BCUT2D eigenvalue weighted by Gasteiger charge is -2.36. The number of hydrogen-bond donors (Lipinski definition) is 2. The van der Waals surface area contributed by atoms with Gasteiger partial charge in [0.25, 0.3) is 0 Å². The van der Waals surface area contributed by atoms with E-state index in [2.05, 4.69) is 44.5 Å². The molecule has 158 valence electrons. The van der Waals surface area contributed by atoms with E-state index in [1.54, 1.807) is 27.7 Å². The van der Waals surface area contributed by atoms with E-state index in [4.69, 9.17) is 9.16 Å². The zero-order valence-electron chi connectivity index (χ0n) is 18.7. The maximum atomic E-state index is 12.3. The number of hydrogen-bond acceptors (Lipinski definition) is 4. The van der Waals surface area contributed by atoms with Gasteiger partial charge >= 0.3 is 6.09 Å². The van der Waals surface area contributed by atoms with Crippen LogP contribution >= 0.6 is 0 Å². The average molecular weight is 409 g/mol. The third-order valence-electron chi connectivity index (χ3n) is 4.75. The molecule has 1 rings (SSSR count). The number of nitrogens with one attached hydrogen (secondary N) is 2. The van der Waals surface area contributed by atoms with Crippen molar-refractivity contribution in [2.45, 2.75) is 84.8 Å². The molecule has 7 heteroatoms. The van der Waals surface area contributed by atoms with Crippen molar-refractivity contribution in [1.29, 1.82) is 0 Å². The molecule has 0 saturated carbocycles. The van der Waals surface area contributed by atoms with Crippen LogP contribution in [-0.2, 0) is 20.6 Å². The number of ether oxygens (including phenoxy) is 1. The molecule has 0 aliphatic rings. The maximum Gasteiger partial charge on any atom is 0.408 e. The molecular weight excluding hydrogens is 372 g/mol. The van der Waals surface area contributed by atoms with Crippen molar-refractivity contribution < 1.29 is 18.8 Å². The minimum atomic E-state index is -1.80. The first-order valence-electron chi connectivity index (χ1n) is 9.64. The van der Waals surface area contributed by atoms with E-state index in [1.807, 2.05) is 24.3 Å². The highest BCUT2D eigenvalue weighted by atomic mass is 28.4. The second kappa shape index (κ2) is 9.09. The molecular formula is C21H36N2O4Si. The number of carbonyl (C=O) groups is 2. The Morgan fingerprint density at radius 3 is 2.04 bits per heavy atom. The van der Waals surface area contributed by atoms with Gasteiger partial charge in [-0.05, 0) is 63.5 Å². The quantitative estimate of drug-likeness (QED) is 0.645. The summed E-state index contributed by atoms with van der Waals surface area (Å²) in [4.78, 5) is 24.0. The van der Waals surface area contributed by atoms with Gasteiger partial charge in [0.2, 0.25) is 5.91 Å². The van der Waals surface area contributed by atoms with Crippen LogP contribution in [-0.4, -0.2) is 32.0 Å². The van der Waals surface area contributed by atoms with Crippen molar-refractivity contribution >= 4 is 26.0 Å². The molecule has 0 aliphatic heterocycles. The first-order valence-corrected chi connectivity index (χ1v) is 12.5. The fourth-order valence-corrected chi connectivity index (χ4v) is 2.93. The molecule has 0 bridgehead atoms. The first kappa shape index (κ1) is 24.2. The first-order chi connectivity index (χ1) is 12.6. The Morgan fingerprint density at radius 2 is 1.57 bits per heavy atom. The lowest BCUT2D eigenvalue weighted by Crippen LogP contribution is -2.43. The van der Waals surface area contributed by atoms with Crippen LogP contribution in [0.3, 0.4) is 0 Å². The van der Waals surface area contributed by atoms with Gasteiger partial charge in [-0.3, -0.25) is 4.79 Å². The molecule has 0 aromatic heterocycles. The van der Waals surface area contributed by atoms with Gasteiger partial charge in [-0.25, -0.2) is 4.79 Å². The molecule has 28 heavy (non-hydrogen) atoms. The summed E-state index contributed by atoms with van der Waals surface area (Å²) in [6, 6.07) is 6.84. The van der Waals surface area contributed by atoms with Gasteiger partial charge in [-0.2, -0.15) is 0 Å². The van der Waals surface area contributed by atoms with Crippen molar-refractivity contribution in [1.82, 2.24) is 5.32 Å². The van der Waals surface area contributed by atoms with Crippen molar-refractivity contribution in [3.05, 3.63) is 29.8 Å². The van der Waals surface area contributed by atoms with Crippen molar-refractivity contribution in [3.8, 4) is 0 Å². The fraction of sp³-hybridized carbons (Fsp3) is 0.619. The van der Waals surface area contributed by atoms with Crippen LogP contribution in [0.15, 0.2) is 24.3 Å². The Labute approximate surface area is 170 Å². The van der Waals surface area contributed by atoms with Crippen LogP contribution in [0.4, 0.5) is 10.5 Å². The van der Waals surface area contributed by atoms with E-state index in [0.717, 1.165) is 5.56 Å². The van der Waals surface area contributed by atoms with Crippen molar-refractivity contribution in [2.24, 2.45) is 0 Å². The molecule has 0 heterocycles. The third-order valence-corrected chi connectivity index (χ3v) is 9.23. The molecule has 1 atom stereocenters. The SMILES string of the molecule is CC(NC(=O)OC(C)(C)C)C(=O)Nc1ccc(CO[Si](C)(C)C(C)(C)C)cc1. The van der Waals surface area contributed by atoms with Gasteiger partial charge in [-0.1, -0.05) is 32.9 Å². The number of carbonyl (C=O) groups excluding carboxylic acids is 2. The highest BCUT2D eigenvalue weighted by Crippen LogP contribution is 2.37. The molecule has 2 N–H and O–H groups in total. The van der Waals surface area contributed by atoms with Crippen LogP contribution in [0.2, 0.25) is 18.1 Å². The van der Waals surface area contributed by atoms with E-state index in [-0.39, 0.29) is 10.9 Å². The Balaban J connectivity index is 2.58. The second-order valence-electron chi connectivity index (χ2n) is 9.60. The molecule has 6 nitrogen and oxygen atoms in total. The lowest BCUT2D eigenvalue weighted by atomic mass is 10.2. The molecule has 0 saturated heterocycles. The average Bonchev–Trinajstić information content (AvgIpc) is 2.51. The summed E-state index contributed by atoms with van der Waals surface area (Å²) in [7, 11) is -1.80. The summed E-state index contributed by atoms with van der Waals surface area (Å²) >= 11 is 0. The largest absolute Gasteiger partial charge is 0.444 e. The number of amides is 2. The van der Waals surface area contributed by atoms with Crippen LogP contribution < -0.4 is 10.6 Å². The summed E-state index contributed by atoms with van der Waals surface area (Å²) in [5.41, 5.74) is 1.12. The summed E-state index contributed by atoms with van der Waals surface area (Å²) < 4.78 is 11.4. The van der Waals surface area contributed by atoms with E-state index < -0.39 is 26.1 Å². The predicted octanol–water partition coefficient (Wildman–Crippen LogP) is 5.06. The zero-order valence-corrected chi connectivity index (χ0v) is 19.7. The summed E-state index contributed by atoms with van der Waals surface area (Å²) in [6.07, 6.45) is -0.617. The monoisotopic (exact) mass is 408 g/mol. The molecule has 0 spiro atoms. The minimum absolute atomic E-state index is 0.165. The smallest absolute Gasteiger partial charge is 0.408 e. The summed E-state index contributed by atoms with van der Waals surface area (Å²) in [5, 5.41) is 5.49. The molecule has 0 fully saturated rings. The lowest BCUT2D eigenvalue weighted by molar-refractivity contribution is -0.117. The number of benzene rings is 1. The molecule has 1 unspecified atom stereocenters. The Hall–Kier alpha value is -1.86. The minimum Gasteiger partial charge on any atom is -0.444 e. The number of anilines is 1. The van der Waals surface area contributed by atoms with E-state index >= 15 is 0 Å². The van der Waals surface area contributed by atoms with Crippen molar-refractivity contribution in [2.75, 3.05) is 5.32 Å². The van der Waals surface area contributed by atoms with E-state index in [1.165, 1.54) is 0 Å². The van der Waals surface area contributed by atoms with E-state index in [0.29, 0.717) is 12.3 Å². The van der Waals surface area contributed by atoms with Gasteiger partial charge in [0.1, 0.15) is 11.6 Å². The van der Waals surface area contributed by atoms with Gasteiger partial charge in [0.15, 0.2) is 8.32 Å². The Bertz CT molecular complexity index is 673. The Morgan fingerprint density at radius 1 is 1.04 bits per heavy atom. The fourth-order valence-electron chi connectivity index (χ4n) is 1.96. The highest BCUT2D eigenvalue weighted by molar-refractivity contribution is 6.74. The highest BCUT2D eigenvalue weighted by Gasteiger charge is 2.37. The second-order valence-corrected chi connectivity index (χ2v) is 14.4. The maximum absolute atomic E-state index is 12.3. The molecule has 1 aromatic rings. The molecule has 1 aromatic carbocycles. The summed E-state index contributed by atoms with van der Waals surface area (Å²) in [5.74, 6) is -0.309. The van der Waals surface area contributed by atoms with Crippen LogP contribution in [0, 0.1) is 0 Å². The van der Waals surface area contributed by atoms with Crippen LogP contribution in [0.1, 0.15) is 54.0 Å². The molecule has 0 aliphatic carbocycles. The third kappa shape index (κ3) is 8.02. The number of alkyl carbamates (subject to hydrolysis) is 1. The molecule has 2 amide bonds. The van der Waals surface area contributed by atoms with Crippen molar-refractivity contribution in [3.63, 3.8) is 0 Å². The standard InChI is InChI=1S/C21H36N2O4Si/c1-15(22-19(25)27-20(2,3)4)18(24)23-17-12-10-16(11-13-17)14-26-28(8,9)21(5,6)7/h10-13,15H,14H2,1-9H3,(H,22,25)(H,23,24). The molecule has 0 radical (unpaired) electrons. The van der Waals surface area contributed by atoms with Crippen LogP contribution in [0.5, 0.6) is 0 Å².